The van der Waals surface area contributed by atoms with E-state index in [2.05, 4.69) is 10.4 Å². The van der Waals surface area contributed by atoms with E-state index in [1.165, 1.54) is 6.92 Å². The number of carbonyl (C=O) groups excluding carboxylic acids is 2. The largest absolute Gasteiger partial charge is 0.383 e. The molecule has 1 aromatic carbocycles. The van der Waals surface area contributed by atoms with Gasteiger partial charge in [-0.05, 0) is 24.6 Å². The van der Waals surface area contributed by atoms with Crippen molar-refractivity contribution < 1.29 is 14.3 Å². The summed E-state index contributed by atoms with van der Waals surface area (Å²) in [7, 11) is 3.33. The summed E-state index contributed by atoms with van der Waals surface area (Å²) < 4.78 is 6.56. The molecule has 0 fully saturated rings. The van der Waals surface area contributed by atoms with Crippen LogP contribution in [0.3, 0.4) is 0 Å². The van der Waals surface area contributed by atoms with Crippen LogP contribution in [-0.2, 0) is 11.8 Å². The molecule has 1 aromatic heterocycles. The van der Waals surface area contributed by atoms with Crippen LogP contribution >= 0.6 is 0 Å². The average molecular weight is 315 g/mol. The second-order valence-corrected chi connectivity index (χ2v) is 5.49. The van der Waals surface area contributed by atoms with Crippen molar-refractivity contribution in [3.63, 3.8) is 0 Å². The molecule has 6 nitrogen and oxygen atoms in total. The predicted octanol–water partition coefficient (Wildman–Crippen LogP) is 2.05. The molecular weight excluding hydrogens is 294 g/mol. The van der Waals surface area contributed by atoms with Gasteiger partial charge in [-0.2, -0.15) is 5.10 Å². The molecule has 1 atom stereocenters. The number of hydrogen-bond acceptors (Lipinski definition) is 4. The highest BCUT2D eigenvalue weighted by molar-refractivity contribution is 5.99. The van der Waals surface area contributed by atoms with Crippen molar-refractivity contribution in [2.24, 2.45) is 7.05 Å². The molecule has 1 N–H and O–H groups in total. The van der Waals surface area contributed by atoms with Crippen LogP contribution in [0.5, 0.6) is 0 Å². The van der Waals surface area contributed by atoms with Crippen molar-refractivity contribution >= 4 is 11.7 Å². The zero-order valence-electron chi connectivity index (χ0n) is 13.8. The molecule has 0 aliphatic rings. The summed E-state index contributed by atoms with van der Waals surface area (Å²) in [6, 6.07) is 7.05. The Balaban J connectivity index is 2.20. The van der Waals surface area contributed by atoms with Gasteiger partial charge in [-0.1, -0.05) is 12.1 Å². The molecule has 2 aromatic rings. The van der Waals surface area contributed by atoms with Crippen LogP contribution in [0.2, 0.25) is 0 Å². The first kappa shape index (κ1) is 16.9. The lowest BCUT2D eigenvalue weighted by molar-refractivity contribution is 0.0905. The molecule has 23 heavy (non-hydrogen) atoms. The molecule has 0 spiro atoms. The molecule has 0 radical (unpaired) electrons. The van der Waals surface area contributed by atoms with Gasteiger partial charge in [0, 0.05) is 38.2 Å². The Morgan fingerprint density at radius 1 is 1.30 bits per heavy atom. The maximum atomic E-state index is 12.1. The number of ether oxygens (including phenoxy) is 1. The van der Waals surface area contributed by atoms with Crippen molar-refractivity contribution in [2.75, 3.05) is 13.7 Å². The van der Waals surface area contributed by atoms with E-state index in [0.717, 1.165) is 11.1 Å². The number of hydrogen-bond donors (Lipinski definition) is 1. The lowest BCUT2D eigenvalue weighted by atomic mass is 10.0. The number of nitrogens with one attached hydrogen (secondary N) is 1. The molecular formula is C17H21N3O3. The highest BCUT2D eigenvalue weighted by Gasteiger charge is 2.15. The molecule has 122 valence electrons. The van der Waals surface area contributed by atoms with Crippen LogP contribution in [0.4, 0.5) is 0 Å². The van der Waals surface area contributed by atoms with Crippen molar-refractivity contribution in [1.29, 1.82) is 0 Å². The van der Waals surface area contributed by atoms with Gasteiger partial charge >= 0.3 is 0 Å². The lowest BCUT2D eigenvalue weighted by Crippen LogP contribution is -2.35. The van der Waals surface area contributed by atoms with Gasteiger partial charge in [0.05, 0.1) is 12.8 Å². The first-order chi connectivity index (χ1) is 10.9. The Labute approximate surface area is 135 Å². The molecule has 0 unspecified atom stereocenters. The third-order valence-electron chi connectivity index (χ3n) is 3.52. The monoisotopic (exact) mass is 315 g/mol. The number of methoxy groups -OCH3 is 1. The number of amides is 1. The lowest BCUT2D eigenvalue weighted by Gasteiger charge is -2.13. The number of aryl methyl sites for hydroxylation is 1. The fourth-order valence-electron chi connectivity index (χ4n) is 2.47. The van der Waals surface area contributed by atoms with Crippen LogP contribution in [0.15, 0.2) is 30.5 Å². The molecule has 0 aliphatic carbocycles. The molecule has 0 saturated carbocycles. The average Bonchev–Trinajstić information content (AvgIpc) is 2.89. The van der Waals surface area contributed by atoms with E-state index < -0.39 is 0 Å². The highest BCUT2D eigenvalue weighted by Crippen LogP contribution is 2.24. The van der Waals surface area contributed by atoms with Gasteiger partial charge < -0.3 is 10.1 Å². The fourth-order valence-corrected chi connectivity index (χ4v) is 2.47. The molecule has 1 amide bonds. The number of nitrogens with zero attached hydrogens (tertiary/aromatic N) is 2. The Morgan fingerprint density at radius 2 is 1.96 bits per heavy atom. The normalized spacial score (nSPS) is 12.0. The van der Waals surface area contributed by atoms with E-state index in [1.807, 2.05) is 19.1 Å². The third kappa shape index (κ3) is 3.84. The van der Waals surface area contributed by atoms with Crippen molar-refractivity contribution in [2.45, 2.75) is 19.9 Å². The van der Waals surface area contributed by atoms with E-state index in [0.29, 0.717) is 17.9 Å². The third-order valence-corrected chi connectivity index (χ3v) is 3.52. The molecule has 0 bridgehead atoms. The van der Waals surface area contributed by atoms with Gasteiger partial charge in [0.1, 0.15) is 5.69 Å². The second-order valence-electron chi connectivity index (χ2n) is 5.49. The van der Waals surface area contributed by atoms with Gasteiger partial charge in [0.25, 0.3) is 5.91 Å². The summed E-state index contributed by atoms with van der Waals surface area (Å²) in [5, 5.41) is 6.99. The summed E-state index contributed by atoms with van der Waals surface area (Å²) >= 11 is 0. The first-order valence-corrected chi connectivity index (χ1v) is 7.37. The molecule has 1 heterocycles. The summed E-state index contributed by atoms with van der Waals surface area (Å²) in [4.78, 5) is 23.9. The first-order valence-electron chi connectivity index (χ1n) is 7.37. The van der Waals surface area contributed by atoms with Crippen molar-refractivity contribution in [3.05, 3.63) is 41.7 Å². The quantitative estimate of drug-likeness (QED) is 0.828. The molecule has 2 rings (SSSR count). The Bertz CT molecular complexity index is 704. The smallest absolute Gasteiger partial charge is 0.251 e. The van der Waals surface area contributed by atoms with Gasteiger partial charge in [0.15, 0.2) is 5.78 Å². The fraction of sp³-hybridized carbons (Fsp3) is 0.353. The van der Waals surface area contributed by atoms with Gasteiger partial charge in [-0.25, -0.2) is 0 Å². The topological polar surface area (TPSA) is 73.2 Å². The standard InChI is InChI=1S/C17H21N3O3/c1-11(10-23-4)19-17(22)14-7-5-13(6-8-14)15-9-18-20(3)16(15)12(2)21/h5-9,11H,10H2,1-4H3,(H,19,22)/t11-/m0/s1. The summed E-state index contributed by atoms with van der Waals surface area (Å²) in [6.07, 6.45) is 1.66. The summed E-state index contributed by atoms with van der Waals surface area (Å²) in [5.41, 5.74) is 2.73. The maximum Gasteiger partial charge on any atom is 0.251 e. The number of rotatable bonds is 6. The van der Waals surface area contributed by atoms with Gasteiger partial charge in [0.2, 0.25) is 0 Å². The Hall–Kier alpha value is -2.47. The minimum atomic E-state index is -0.154. The number of benzene rings is 1. The van der Waals surface area contributed by atoms with Crippen molar-refractivity contribution in [3.8, 4) is 11.1 Å². The maximum absolute atomic E-state index is 12.1. The zero-order chi connectivity index (χ0) is 17.0. The Morgan fingerprint density at radius 3 is 2.52 bits per heavy atom. The number of ketones is 1. The van der Waals surface area contributed by atoms with E-state index in [9.17, 15) is 9.59 Å². The van der Waals surface area contributed by atoms with Crippen LogP contribution in [-0.4, -0.2) is 41.2 Å². The molecule has 6 heteroatoms. The number of carbonyl (C=O) groups is 2. The minimum Gasteiger partial charge on any atom is -0.383 e. The molecule has 0 aliphatic heterocycles. The van der Waals surface area contributed by atoms with Crippen LogP contribution < -0.4 is 5.32 Å². The molecule has 0 saturated heterocycles. The van der Waals surface area contributed by atoms with Crippen LogP contribution in [0.25, 0.3) is 11.1 Å². The van der Waals surface area contributed by atoms with Crippen molar-refractivity contribution in [1.82, 2.24) is 15.1 Å². The van der Waals surface area contributed by atoms with Gasteiger partial charge in [-0.3, -0.25) is 14.3 Å². The van der Waals surface area contributed by atoms with Gasteiger partial charge in [-0.15, -0.1) is 0 Å². The SMILES string of the molecule is COC[C@H](C)NC(=O)c1ccc(-c2cnn(C)c2C(C)=O)cc1. The van der Waals surface area contributed by atoms with E-state index in [-0.39, 0.29) is 17.7 Å². The highest BCUT2D eigenvalue weighted by atomic mass is 16.5. The number of Topliss-reactive ketones (excluding diaryl/α,β-unsaturated/α-hetero) is 1. The predicted molar refractivity (Wildman–Crippen MR) is 87.5 cm³/mol. The van der Waals surface area contributed by atoms with E-state index in [4.69, 9.17) is 4.74 Å². The van der Waals surface area contributed by atoms with Crippen LogP contribution in [0.1, 0.15) is 34.7 Å². The Kier molecular flexibility index (Phi) is 5.28. The van der Waals surface area contributed by atoms with Crippen LogP contribution in [0, 0.1) is 0 Å². The minimum absolute atomic E-state index is 0.0461. The summed E-state index contributed by atoms with van der Waals surface area (Å²) in [5.74, 6) is -0.200. The zero-order valence-corrected chi connectivity index (χ0v) is 13.8. The summed E-state index contributed by atoms with van der Waals surface area (Å²) in [6.45, 7) is 3.85. The second kappa shape index (κ2) is 7.19. The van der Waals surface area contributed by atoms with E-state index in [1.54, 1.807) is 37.2 Å². The number of aromatic nitrogens is 2. The van der Waals surface area contributed by atoms with E-state index >= 15 is 0 Å².